The van der Waals surface area contributed by atoms with Crippen molar-refractivity contribution in [3.8, 4) is 0 Å². The summed E-state index contributed by atoms with van der Waals surface area (Å²) in [7, 11) is 0. The summed E-state index contributed by atoms with van der Waals surface area (Å²) in [6.07, 6.45) is -4.27. The summed E-state index contributed by atoms with van der Waals surface area (Å²) in [6, 6.07) is 7.60. The Labute approximate surface area is 127 Å². The number of nitrogens with one attached hydrogen (secondary N) is 1. The molecule has 1 N–H and O–H groups in total. The van der Waals surface area contributed by atoms with Gasteiger partial charge in [0.05, 0.1) is 6.61 Å². The topological polar surface area (TPSA) is 24.5 Å². The smallest absolute Gasteiger partial charge is 0.371 e. The Balaban J connectivity index is 1.92. The second-order valence-corrected chi connectivity index (χ2v) is 5.35. The molecule has 1 aliphatic rings. The van der Waals surface area contributed by atoms with Gasteiger partial charge in [-0.3, -0.25) is 4.90 Å². The van der Waals surface area contributed by atoms with E-state index in [2.05, 4.69) is 10.2 Å². The summed E-state index contributed by atoms with van der Waals surface area (Å²) in [5, 5.41) is 3.96. The van der Waals surface area contributed by atoms with E-state index in [1.54, 1.807) is 0 Å². The van der Waals surface area contributed by atoms with E-state index in [-0.39, 0.29) is 12.6 Å². The van der Waals surface area contributed by atoms with Gasteiger partial charge in [-0.1, -0.05) is 29.8 Å². The monoisotopic (exact) mass is 322 g/mol. The van der Waals surface area contributed by atoms with Gasteiger partial charge in [0.25, 0.3) is 0 Å². The van der Waals surface area contributed by atoms with Crippen LogP contribution in [0.5, 0.6) is 0 Å². The van der Waals surface area contributed by atoms with Gasteiger partial charge in [-0.15, -0.1) is 0 Å². The first-order valence-electron chi connectivity index (χ1n) is 6.81. The van der Waals surface area contributed by atoms with E-state index in [0.717, 1.165) is 25.2 Å². The van der Waals surface area contributed by atoms with Crippen LogP contribution in [0, 0.1) is 0 Å². The van der Waals surface area contributed by atoms with Gasteiger partial charge in [0.15, 0.2) is 0 Å². The Morgan fingerprint density at radius 2 is 2.10 bits per heavy atom. The van der Waals surface area contributed by atoms with Crippen LogP contribution in [0.3, 0.4) is 0 Å². The average Bonchev–Trinajstić information content (AvgIpc) is 2.44. The number of halogens is 4. The van der Waals surface area contributed by atoms with Crippen molar-refractivity contribution in [2.75, 3.05) is 39.4 Å². The van der Waals surface area contributed by atoms with Crippen LogP contribution in [0.2, 0.25) is 5.02 Å². The third kappa shape index (κ3) is 5.14. The van der Waals surface area contributed by atoms with Crippen molar-refractivity contribution in [2.45, 2.75) is 12.2 Å². The number of nitrogens with zero attached hydrogens (tertiary/aromatic N) is 1. The van der Waals surface area contributed by atoms with E-state index in [4.69, 9.17) is 16.3 Å². The Hall–Kier alpha value is -0.820. The summed E-state index contributed by atoms with van der Waals surface area (Å²) in [5.41, 5.74) is 0.988. The van der Waals surface area contributed by atoms with Gasteiger partial charge in [0, 0.05) is 37.2 Å². The van der Waals surface area contributed by atoms with Gasteiger partial charge in [0.2, 0.25) is 0 Å². The lowest BCUT2D eigenvalue weighted by molar-refractivity contribution is -0.175. The third-order valence-electron chi connectivity index (χ3n) is 3.41. The predicted octanol–water partition coefficient (Wildman–Crippen LogP) is 2.87. The molecule has 1 unspecified atom stereocenters. The molecule has 1 heterocycles. The summed E-state index contributed by atoms with van der Waals surface area (Å²) in [5.74, 6) is 0. The lowest BCUT2D eigenvalue weighted by atomic mass is 10.0. The lowest BCUT2D eigenvalue weighted by Gasteiger charge is -2.36. The third-order valence-corrected chi connectivity index (χ3v) is 3.75. The van der Waals surface area contributed by atoms with Gasteiger partial charge in [-0.2, -0.15) is 13.2 Å². The normalized spacial score (nSPS) is 20.7. The molecule has 21 heavy (non-hydrogen) atoms. The molecule has 7 heteroatoms. The van der Waals surface area contributed by atoms with Gasteiger partial charge in [-0.05, 0) is 11.6 Å². The maximum atomic E-state index is 12.0. The highest BCUT2D eigenvalue weighted by Gasteiger charge is 2.28. The first kappa shape index (κ1) is 16.5. The van der Waals surface area contributed by atoms with Crippen molar-refractivity contribution < 1.29 is 17.9 Å². The molecule has 1 saturated heterocycles. The molecule has 0 amide bonds. The van der Waals surface area contributed by atoms with Gasteiger partial charge >= 0.3 is 6.18 Å². The Kier molecular flexibility index (Phi) is 5.87. The number of rotatable bonds is 5. The van der Waals surface area contributed by atoms with Crippen molar-refractivity contribution in [2.24, 2.45) is 0 Å². The summed E-state index contributed by atoms with van der Waals surface area (Å²) < 4.78 is 40.8. The summed E-state index contributed by atoms with van der Waals surface area (Å²) in [4.78, 5) is 2.11. The van der Waals surface area contributed by atoms with Crippen LogP contribution in [0.4, 0.5) is 13.2 Å². The van der Waals surface area contributed by atoms with Gasteiger partial charge in [0.1, 0.15) is 6.61 Å². The van der Waals surface area contributed by atoms with Crippen LogP contribution < -0.4 is 5.32 Å². The quantitative estimate of drug-likeness (QED) is 0.844. The number of benzene rings is 1. The van der Waals surface area contributed by atoms with Crippen LogP contribution >= 0.6 is 11.6 Å². The second kappa shape index (κ2) is 7.45. The minimum atomic E-state index is -4.27. The molecule has 1 atom stereocenters. The molecule has 0 aromatic heterocycles. The largest absolute Gasteiger partial charge is 0.411 e. The number of alkyl halides is 3. The zero-order valence-electron chi connectivity index (χ0n) is 11.5. The molecule has 3 nitrogen and oxygen atoms in total. The first-order chi connectivity index (χ1) is 9.97. The fourth-order valence-corrected chi connectivity index (χ4v) is 2.70. The van der Waals surface area contributed by atoms with Crippen LogP contribution in [0.15, 0.2) is 24.3 Å². The fraction of sp³-hybridized carbons (Fsp3) is 0.571. The average molecular weight is 323 g/mol. The summed E-state index contributed by atoms with van der Waals surface area (Å²) >= 11 is 6.21. The zero-order valence-corrected chi connectivity index (χ0v) is 12.3. The minimum Gasteiger partial charge on any atom is -0.371 e. The SMILES string of the molecule is FC(F)(F)COCCN1CCNCC1c1ccccc1Cl. The van der Waals surface area contributed by atoms with Crippen LogP contribution in [-0.2, 0) is 4.74 Å². The first-order valence-corrected chi connectivity index (χ1v) is 7.19. The Morgan fingerprint density at radius 3 is 2.81 bits per heavy atom. The van der Waals surface area contributed by atoms with Crippen molar-refractivity contribution in [3.05, 3.63) is 34.9 Å². The Morgan fingerprint density at radius 1 is 1.33 bits per heavy atom. The number of ether oxygens (including phenoxy) is 1. The van der Waals surface area contributed by atoms with Crippen LogP contribution in [-0.4, -0.2) is 50.5 Å². The van der Waals surface area contributed by atoms with E-state index in [0.29, 0.717) is 11.6 Å². The highest BCUT2D eigenvalue weighted by Crippen LogP contribution is 2.28. The molecule has 0 spiro atoms. The maximum absolute atomic E-state index is 12.0. The molecule has 1 aromatic carbocycles. The molecule has 1 fully saturated rings. The van der Waals surface area contributed by atoms with E-state index in [9.17, 15) is 13.2 Å². The molecule has 0 aliphatic carbocycles. The minimum absolute atomic E-state index is 0.0560. The van der Waals surface area contributed by atoms with Crippen molar-refractivity contribution >= 4 is 11.6 Å². The highest BCUT2D eigenvalue weighted by molar-refractivity contribution is 6.31. The Bertz CT molecular complexity index is 456. The van der Waals surface area contributed by atoms with E-state index >= 15 is 0 Å². The molecule has 1 aromatic rings. The molecular weight excluding hydrogens is 305 g/mol. The number of hydrogen-bond acceptors (Lipinski definition) is 3. The standard InChI is InChI=1S/C14H18ClF3N2O/c15-12-4-2-1-3-11(12)13-9-19-5-6-20(13)7-8-21-10-14(16,17)18/h1-4,13,19H,5-10H2. The van der Waals surface area contributed by atoms with Gasteiger partial charge in [-0.25, -0.2) is 0 Å². The predicted molar refractivity (Wildman–Crippen MR) is 75.5 cm³/mol. The van der Waals surface area contributed by atoms with Crippen molar-refractivity contribution in [3.63, 3.8) is 0 Å². The van der Waals surface area contributed by atoms with E-state index in [1.165, 1.54) is 0 Å². The summed E-state index contributed by atoms with van der Waals surface area (Å²) in [6.45, 7) is 1.60. The lowest BCUT2D eigenvalue weighted by Crippen LogP contribution is -2.47. The van der Waals surface area contributed by atoms with E-state index < -0.39 is 12.8 Å². The molecule has 2 rings (SSSR count). The molecule has 1 aliphatic heterocycles. The van der Waals surface area contributed by atoms with Crippen molar-refractivity contribution in [1.29, 1.82) is 0 Å². The van der Waals surface area contributed by atoms with Crippen LogP contribution in [0.1, 0.15) is 11.6 Å². The second-order valence-electron chi connectivity index (χ2n) is 4.95. The molecule has 0 radical (unpaired) electrons. The van der Waals surface area contributed by atoms with Crippen LogP contribution in [0.25, 0.3) is 0 Å². The molecule has 0 bridgehead atoms. The van der Waals surface area contributed by atoms with Crippen molar-refractivity contribution in [1.82, 2.24) is 10.2 Å². The maximum Gasteiger partial charge on any atom is 0.411 e. The van der Waals surface area contributed by atoms with E-state index in [1.807, 2.05) is 24.3 Å². The number of piperazine rings is 1. The highest BCUT2D eigenvalue weighted by atomic mass is 35.5. The number of hydrogen-bond donors (Lipinski definition) is 1. The molecule has 0 saturated carbocycles. The molecule has 118 valence electrons. The van der Waals surface area contributed by atoms with Gasteiger partial charge < -0.3 is 10.1 Å². The zero-order chi connectivity index (χ0) is 15.3. The fourth-order valence-electron chi connectivity index (χ4n) is 2.44. The molecular formula is C14H18ClF3N2O.